The van der Waals surface area contributed by atoms with Gasteiger partial charge in [0.25, 0.3) is 5.95 Å². The number of aliphatic hydroxyl groups is 1. The van der Waals surface area contributed by atoms with Crippen molar-refractivity contribution in [1.82, 2.24) is 0 Å². The summed E-state index contributed by atoms with van der Waals surface area (Å²) in [6, 6.07) is 0. The van der Waals surface area contributed by atoms with Crippen molar-refractivity contribution in [3.63, 3.8) is 0 Å². The molecule has 1 aromatic rings. The minimum Gasteiger partial charge on any atom is -0.468 e. The van der Waals surface area contributed by atoms with E-state index in [0.717, 1.165) is 0 Å². The molecule has 0 saturated carbocycles. The maximum Gasteiger partial charge on any atom is 0.345 e. The maximum atomic E-state index is 11.3. The van der Waals surface area contributed by atoms with Crippen LogP contribution >= 0.6 is 0 Å². The first-order valence-corrected chi connectivity index (χ1v) is 4.08. The predicted octanol–water partition coefficient (Wildman–Crippen LogP) is 0.610. The molecule has 0 spiro atoms. The summed E-state index contributed by atoms with van der Waals surface area (Å²) in [4.78, 5) is 11.3. The molecule has 5 nitrogen and oxygen atoms in total. The Morgan fingerprint density at radius 1 is 1.57 bits per heavy atom. The Kier molecular flexibility index (Phi) is 3.53. The third-order valence-corrected chi connectivity index (χ3v) is 1.79. The number of ether oxygens (including phenoxy) is 2. The molecule has 0 aromatic carbocycles. The lowest BCUT2D eigenvalue weighted by Gasteiger charge is -2.01. The van der Waals surface area contributed by atoms with Crippen LogP contribution in [0, 0.1) is 0 Å². The van der Waals surface area contributed by atoms with Gasteiger partial charge in [0.15, 0.2) is 0 Å². The van der Waals surface area contributed by atoms with Crippen LogP contribution in [0.15, 0.2) is 10.7 Å². The van der Waals surface area contributed by atoms with E-state index in [2.05, 4.69) is 4.74 Å². The number of hydrogen-bond acceptors (Lipinski definition) is 5. The molecule has 1 rings (SSSR count). The minimum absolute atomic E-state index is 0.0628. The smallest absolute Gasteiger partial charge is 0.345 e. The standard InChI is InChI=1S/C9H12O5/c1-12-8(11)7-6(3-4-10)5-14-9(7)13-2/h5,10H,3-4H2,1-2H3. The summed E-state index contributed by atoms with van der Waals surface area (Å²) in [6.07, 6.45) is 1.71. The molecule has 0 saturated heterocycles. The van der Waals surface area contributed by atoms with Gasteiger partial charge in [-0.05, 0) is 6.42 Å². The fraction of sp³-hybridized carbons (Fsp3) is 0.444. The Balaban J connectivity index is 3.05. The Morgan fingerprint density at radius 3 is 2.79 bits per heavy atom. The summed E-state index contributed by atoms with van der Waals surface area (Å²) in [5.74, 6) is -0.417. The lowest BCUT2D eigenvalue weighted by atomic mass is 10.1. The van der Waals surface area contributed by atoms with E-state index in [1.807, 2.05) is 0 Å². The van der Waals surface area contributed by atoms with Gasteiger partial charge in [0.2, 0.25) is 0 Å². The van der Waals surface area contributed by atoms with Gasteiger partial charge in [-0.2, -0.15) is 0 Å². The van der Waals surface area contributed by atoms with Crippen molar-refractivity contribution >= 4 is 5.97 Å². The number of furan rings is 1. The SMILES string of the molecule is COC(=O)c1c(CCO)coc1OC. The van der Waals surface area contributed by atoms with Crippen LogP contribution in [0.5, 0.6) is 5.95 Å². The van der Waals surface area contributed by atoms with Gasteiger partial charge in [0.1, 0.15) is 5.56 Å². The Morgan fingerprint density at radius 2 is 2.29 bits per heavy atom. The molecule has 78 valence electrons. The van der Waals surface area contributed by atoms with Crippen LogP contribution in [0.3, 0.4) is 0 Å². The molecular weight excluding hydrogens is 188 g/mol. The second-order valence-corrected chi connectivity index (χ2v) is 2.59. The Hall–Kier alpha value is -1.49. The summed E-state index contributed by atoms with van der Waals surface area (Å²) >= 11 is 0. The quantitative estimate of drug-likeness (QED) is 0.721. The van der Waals surface area contributed by atoms with Gasteiger partial charge < -0.3 is 19.0 Å². The van der Waals surface area contributed by atoms with Crippen molar-refractivity contribution in [1.29, 1.82) is 0 Å². The van der Waals surface area contributed by atoms with Gasteiger partial charge in [-0.1, -0.05) is 0 Å². The topological polar surface area (TPSA) is 68.9 Å². The number of methoxy groups -OCH3 is 2. The molecule has 0 radical (unpaired) electrons. The van der Waals surface area contributed by atoms with Crippen molar-refractivity contribution in [2.45, 2.75) is 6.42 Å². The zero-order valence-corrected chi connectivity index (χ0v) is 8.07. The first kappa shape index (κ1) is 10.6. The summed E-state index contributed by atoms with van der Waals surface area (Å²) < 4.78 is 14.4. The molecule has 0 aliphatic carbocycles. The molecular formula is C9H12O5. The van der Waals surface area contributed by atoms with Gasteiger partial charge in [0, 0.05) is 12.2 Å². The van der Waals surface area contributed by atoms with Crippen LogP contribution < -0.4 is 4.74 Å². The highest BCUT2D eigenvalue weighted by atomic mass is 16.6. The third kappa shape index (κ3) is 1.88. The van der Waals surface area contributed by atoms with E-state index >= 15 is 0 Å². The summed E-state index contributed by atoms with van der Waals surface area (Å²) in [7, 11) is 2.67. The fourth-order valence-corrected chi connectivity index (χ4v) is 1.14. The van der Waals surface area contributed by atoms with E-state index in [4.69, 9.17) is 14.3 Å². The highest BCUT2D eigenvalue weighted by Crippen LogP contribution is 2.25. The molecule has 0 unspecified atom stereocenters. The zero-order valence-electron chi connectivity index (χ0n) is 8.07. The largest absolute Gasteiger partial charge is 0.468 e. The zero-order chi connectivity index (χ0) is 10.6. The Bertz CT molecular complexity index is 315. The summed E-state index contributed by atoms with van der Waals surface area (Å²) in [6.45, 7) is -0.0628. The normalized spacial score (nSPS) is 9.93. The van der Waals surface area contributed by atoms with Crippen molar-refractivity contribution in [2.24, 2.45) is 0 Å². The third-order valence-electron chi connectivity index (χ3n) is 1.79. The molecule has 14 heavy (non-hydrogen) atoms. The number of esters is 1. The second-order valence-electron chi connectivity index (χ2n) is 2.59. The number of rotatable bonds is 4. The van der Waals surface area contributed by atoms with Gasteiger partial charge in [0.05, 0.1) is 20.5 Å². The second kappa shape index (κ2) is 4.66. The lowest BCUT2D eigenvalue weighted by Crippen LogP contribution is -2.06. The minimum atomic E-state index is -0.529. The number of carbonyl (C=O) groups excluding carboxylic acids is 1. The van der Waals surface area contributed by atoms with E-state index in [9.17, 15) is 4.79 Å². The average Bonchev–Trinajstić information content (AvgIpc) is 2.60. The first-order chi connectivity index (χ1) is 6.74. The van der Waals surface area contributed by atoms with Crippen LogP contribution in [0.4, 0.5) is 0 Å². The summed E-state index contributed by atoms with van der Waals surface area (Å²) in [5, 5.41) is 8.75. The van der Waals surface area contributed by atoms with Crippen molar-refractivity contribution in [2.75, 3.05) is 20.8 Å². The van der Waals surface area contributed by atoms with Crippen LogP contribution in [0.1, 0.15) is 15.9 Å². The van der Waals surface area contributed by atoms with Gasteiger partial charge in [-0.15, -0.1) is 0 Å². The highest BCUT2D eigenvalue weighted by molar-refractivity contribution is 5.93. The molecule has 0 aliphatic heterocycles. The molecule has 0 amide bonds. The van der Waals surface area contributed by atoms with Gasteiger partial charge >= 0.3 is 5.97 Å². The number of hydrogen-bond donors (Lipinski definition) is 1. The van der Waals surface area contributed by atoms with E-state index < -0.39 is 5.97 Å². The van der Waals surface area contributed by atoms with E-state index in [-0.39, 0.29) is 18.1 Å². The molecule has 1 heterocycles. The van der Waals surface area contributed by atoms with Crippen molar-refractivity contribution in [3.8, 4) is 5.95 Å². The monoisotopic (exact) mass is 200 g/mol. The molecule has 5 heteroatoms. The molecule has 0 atom stereocenters. The lowest BCUT2D eigenvalue weighted by molar-refractivity contribution is 0.0593. The Labute approximate surface area is 81.2 Å². The van der Waals surface area contributed by atoms with Gasteiger partial charge in [-0.3, -0.25) is 0 Å². The molecule has 0 bridgehead atoms. The van der Waals surface area contributed by atoms with Crippen LogP contribution in [0.25, 0.3) is 0 Å². The predicted molar refractivity (Wildman–Crippen MR) is 47.4 cm³/mol. The highest BCUT2D eigenvalue weighted by Gasteiger charge is 2.21. The first-order valence-electron chi connectivity index (χ1n) is 4.08. The van der Waals surface area contributed by atoms with E-state index in [1.165, 1.54) is 20.5 Å². The van der Waals surface area contributed by atoms with Crippen LogP contribution in [-0.2, 0) is 11.2 Å². The van der Waals surface area contributed by atoms with Crippen LogP contribution in [0.2, 0.25) is 0 Å². The molecule has 0 fully saturated rings. The van der Waals surface area contributed by atoms with Crippen molar-refractivity contribution < 1.29 is 23.8 Å². The summed E-state index contributed by atoms with van der Waals surface area (Å²) in [5.41, 5.74) is 0.820. The number of aliphatic hydroxyl groups excluding tert-OH is 1. The van der Waals surface area contributed by atoms with Crippen molar-refractivity contribution in [3.05, 3.63) is 17.4 Å². The van der Waals surface area contributed by atoms with Crippen LogP contribution in [-0.4, -0.2) is 31.9 Å². The maximum absolute atomic E-state index is 11.3. The molecule has 1 aromatic heterocycles. The molecule has 0 aliphatic rings. The van der Waals surface area contributed by atoms with Gasteiger partial charge in [-0.25, -0.2) is 4.79 Å². The number of carbonyl (C=O) groups is 1. The van der Waals surface area contributed by atoms with E-state index in [1.54, 1.807) is 0 Å². The van der Waals surface area contributed by atoms with E-state index in [0.29, 0.717) is 12.0 Å². The average molecular weight is 200 g/mol. The fourth-order valence-electron chi connectivity index (χ4n) is 1.14. The molecule has 1 N–H and O–H groups in total.